The first-order chi connectivity index (χ1) is 15.7. The number of nitrogens with one attached hydrogen (secondary N) is 1. The summed E-state index contributed by atoms with van der Waals surface area (Å²) in [5.41, 5.74) is 4.77. The molecule has 2 aromatic heterocycles. The largest absolute Gasteiger partial charge is 0.508 e. The predicted octanol–water partition coefficient (Wildman–Crippen LogP) is 4.56. The lowest BCUT2D eigenvalue weighted by Gasteiger charge is -2.06. The van der Waals surface area contributed by atoms with Crippen LogP contribution in [0.1, 0.15) is 41.0 Å². The van der Waals surface area contributed by atoms with Gasteiger partial charge in [0.2, 0.25) is 0 Å². The predicted molar refractivity (Wildman–Crippen MR) is 122 cm³/mol. The van der Waals surface area contributed by atoms with Crippen molar-refractivity contribution in [2.45, 2.75) is 32.1 Å². The fraction of sp³-hybridized carbons (Fsp3) is 0.200. The highest BCUT2D eigenvalue weighted by atomic mass is 16.3. The van der Waals surface area contributed by atoms with Crippen LogP contribution in [-0.4, -0.2) is 30.8 Å². The van der Waals surface area contributed by atoms with Gasteiger partial charge in [-0.25, -0.2) is 14.6 Å². The second-order valence-electron chi connectivity index (χ2n) is 7.88. The number of fused-ring (bicyclic) bond motifs is 1. The van der Waals surface area contributed by atoms with E-state index in [0.717, 1.165) is 49.0 Å². The van der Waals surface area contributed by atoms with Crippen molar-refractivity contribution in [1.29, 1.82) is 0 Å². The molecule has 0 saturated heterocycles. The summed E-state index contributed by atoms with van der Waals surface area (Å²) < 4.78 is 1.91. The summed E-state index contributed by atoms with van der Waals surface area (Å²) in [6.45, 7) is 0. The Balaban J connectivity index is 1.43. The van der Waals surface area contributed by atoms with Crippen molar-refractivity contribution in [3.63, 3.8) is 0 Å². The molecule has 2 heterocycles. The van der Waals surface area contributed by atoms with Crippen LogP contribution in [0.3, 0.4) is 0 Å². The summed E-state index contributed by atoms with van der Waals surface area (Å²) in [6, 6.07) is 16.7. The lowest BCUT2D eigenvalue weighted by Crippen LogP contribution is -2.15. The average molecular weight is 425 g/mol. The van der Waals surface area contributed by atoms with Gasteiger partial charge < -0.3 is 10.4 Å². The molecule has 4 aromatic rings. The smallest absolute Gasteiger partial charge is 0.276 e. The molecule has 0 aliphatic heterocycles. The monoisotopic (exact) mass is 425 g/mol. The van der Waals surface area contributed by atoms with E-state index in [1.54, 1.807) is 30.6 Å². The third-order valence-electron chi connectivity index (χ3n) is 5.66. The molecule has 2 N–H and O–H groups in total. The third-order valence-corrected chi connectivity index (χ3v) is 5.66. The minimum Gasteiger partial charge on any atom is -0.508 e. The number of para-hydroxylation sites is 1. The zero-order valence-corrected chi connectivity index (χ0v) is 17.5. The quantitative estimate of drug-likeness (QED) is 0.468. The zero-order chi connectivity index (χ0) is 21.9. The Morgan fingerprint density at radius 3 is 2.50 bits per heavy atom. The summed E-state index contributed by atoms with van der Waals surface area (Å²) in [7, 11) is 0. The average Bonchev–Trinajstić information content (AvgIpc) is 3.01. The number of carbonyl (C=O) groups is 1. The van der Waals surface area contributed by atoms with Crippen molar-refractivity contribution in [1.82, 2.24) is 19.7 Å². The van der Waals surface area contributed by atoms with Gasteiger partial charge >= 0.3 is 0 Å². The standard InChI is InChI=1S/C25H23N5O2/c31-20-11-7-8-17(14-20)24-26-15-18(16-27-24)28-25(32)23-21-12-5-2-6-13-22(21)30(29-23)19-9-3-1-4-10-19/h1,3-4,7-11,14-16,31H,2,5-6,12-13H2,(H,28,32). The van der Waals surface area contributed by atoms with Gasteiger partial charge in [0.15, 0.2) is 11.5 Å². The first kappa shape index (κ1) is 19.9. The highest BCUT2D eigenvalue weighted by molar-refractivity contribution is 6.04. The van der Waals surface area contributed by atoms with E-state index >= 15 is 0 Å². The Hall–Kier alpha value is -4.00. The highest BCUT2D eigenvalue weighted by Crippen LogP contribution is 2.27. The van der Waals surface area contributed by atoms with E-state index in [4.69, 9.17) is 5.10 Å². The molecule has 7 nitrogen and oxygen atoms in total. The van der Waals surface area contributed by atoms with Crippen LogP contribution < -0.4 is 5.32 Å². The summed E-state index contributed by atoms with van der Waals surface area (Å²) in [5.74, 6) is 0.367. The number of nitrogens with zero attached hydrogens (tertiary/aromatic N) is 4. The fourth-order valence-corrected chi connectivity index (χ4v) is 4.12. The van der Waals surface area contributed by atoms with Crippen LogP contribution in [0.15, 0.2) is 67.0 Å². The summed E-state index contributed by atoms with van der Waals surface area (Å²) >= 11 is 0. The third kappa shape index (κ3) is 3.97. The molecule has 0 spiro atoms. The van der Waals surface area contributed by atoms with Crippen molar-refractivity contribution in [3.05, 3.63) is 83.9 Å². The Labute approximate surface area is 185 Å². The van der Waals surface area contributed by atoms with Crippen molar-refractivity contribution in [3.8, 4) is 22.8 Å². The molecule has 160 valence electrons. The molecule has 0 atom stereocenters. The number of amides is 1. The second-order valence-corrected chi connectivity index (χ2v) is 7.88. The molecule has 0 radical (unpaired) electrons. The second kappa shape index (κ2) is 8.63. The molecule has 2 aromatic carbocycles. The number of phenols is 1. The summed E-state index contributed by atoms with van der Waals surface area (Å²) in [4.78, 5) is 21.8. The minimum absolute atomic E-state index is 0.151. The number of aromatic hydroxyl groups is 1. The Bertz CT molecular complexity index is 1250. The van der Waals surface area contributed by atoms with Gasteiger partial charge in [-0.15, -0.1) is 0 Å². The number of carbonyl (C=O) groups excluding carboxylic acids is 1. The van der Waals surface area contributed by atoms with Gasteiger partial charge in [-0.2, -0.15) is 5.10 Å². The number of aromatic nitrogens is 4. The lowest BCUT2D eigenvalue weighted by molar-refractivity contribution is 0.102. The number of anilines is 1. The van der Waals surface area contributed by atoms with Gasteiger partial charge in [-0.1, -0.05) is 36.8 Å². The number of benzene rings is 2. The van der Waals surface area contributed by atoms with Crippen molar-refractivity contribution >= 4 is 11.6 Å². The molecule has 0 fully saturated rings. The van der Waals surface area contributed by atoms with Crippen molar-refractivity contribution in [2.24, 2.45) is 0 Å². The van der Waals surface area contributed by atoms with E-state index in [1.807, 2.05) is 41.1 Å². The molecule has 1 aliphatic rings. The van der Waals surface area contributed by atoms with Crippen LogP contribution in [-0.2, 0) is 12.8 Å². The van der Waals surface area contributed by atoms with Gasteiger partial charge in [0, 0.05) is 16.8 Å². The topological polar surface area (TPSA) is 92.9 Å². The van der Waals surface area contributed by atoms with E-state index in [0.29, 0.717) is 22.8 Å². The number of hydrogen-bond acceptors (Lipinski definition) is 5. The Morgan fingerprint density at radius 1 is 0.938 bits per heavy atom. The fourth-order valence-electron chi connectivity index (χ4n) is 4.12. The lowest BCUT2D eigenvalue weighted by atomic mass is 10.1. The molecule has 0 saturated carbocycles. The number of rotatable bonds is 4. The highest BCUT2D eigenvalue weighted by Gasteiger charge is 2.25. The van der Waals surface area contributed by atoms with Gasteiger partial charge in [-0.3, -0.25) is 4.79 Å². The number of hydrogen-bond donors (Lipinski definition) is 2. The molecular weight excluding hydrogens is 402 g/mol. The SMILES string of the molecule is O=C(Nc1cnc(-c2cccc(O)c2)nc1)c1nn(-c2ccccc2)c2c1CCCCC2. The van der Waals surface area contributed by atoms with Gasteiger partial charge in [-0.05, 0) is 49.9 Å². The summed E-state index contributed by atoms with van der Waals surface area (Å²) in [6.07, 6.45) is 8.18. The Kier molecular flexibility index (Phi) is 5.37. The zero-order valence-electron chi connectivity index (χ0n) is 17.5. The molecular formula is C25H23N5O2. The molecule has 1 aliphatic carbocycles. The van der Waals surface area contributed by atoms with Crippen LogP contribution in [0.25, 0.3) is 17.1 Å². The van der Waals surface area contributed by atoms with Crippen LogP contribution in [0.4, 0.5) is 5.69 Å². The maximum Gasteiger partial charge on any atom is 0.276 e. The Morgan fingerprint density at radius 2 is 1.72 bits per heavy atom. The van der Waals surface area contributed by atoms with Crippen molar-refractivity contribution < 1.29 is 9.90 Å². The number of phenolic OH excluding ortho intramolecular Hbond substituents is 1. The first-order valence-corrected chi connectivity index (χ1v) is 10.8. The van der Waals surface area contributed by atoms with Gasteiger partial charge in [0.25, 0.3) is 5.91 Å². The van der Waals surface area contributed by atoms with E-state index in [1.165, 1.54) is 0 Å². The molecule has 7 heteroatoms. The van der Waals surface area contributed by atoms with Gasteiger partial charge in [0.1, 0.15) is 5.75 Å². The van der Waals surface area contributed by atoms with E-state index in [2.05, 4.69) is 15.3 Å². The summed E-state index contributed by atoms with van der Waals surface area (Å²) in [5, 5.41) is 17.3. The van der Waals surface area contributed by atoms with Crippen LogP contribution in [0, 0.1) is 0 Å². The molecule has 0 bridgehead atoms. The van der Waals surface area contributed by atoms with Crippen LogP contribution in [0.2, 0.25) is 0 Å². The molecule has 5 rings (SSSR count). The normalized spacial score (nSPS) is 13.2. The van der Waals surface area contributed by atoms with Gasteiger partial charge in [0.05, 0.1) is 23.8 Å². The maximum absolute atomic E-state index is 13.2. The van der Waals surface area contributed by atoms with Crippen LogP contribution in [0.5, 0.6) is 5.75 Å². The minimum atomic E-state index is -0.258. The molecule has 1 amide bonds. The molecule has 32 heavy (non-hydrogen) atoms. The van der Waals surface area contributed by atoms with Crippen LogP contribution >= 0.6 is 0 Å². The van der Waals surface area contributed by atoms with Crippen molar-refractivity contribution in [2.75, 3.05) is 5.32 Å². The maximum atomic E-state index is 13.2. The molecule has 0 unspecified atom stereocenters. The van der Waals surface area contributed by atoms with E-state index in [9.17, 15) is 9.90 Å². The first-order valence-electron chi connectivity index (χ1n) is 10.8. The van der Waals surface area contributed by atoms with E-state index < -0.39 is 0 Å². The van der Waals surface area contributed by atoms with E-state index in [-0.39, 0.29) is 11.7 Å².